The van der Waals surface area contributed by atoms with Gasteiger partial charge < -0.3 is 19.1 Å². The molecule has 1 atom stereocenters. The highest BCUT2D eigenvalue weighted by Crippen LogP contribution is 2.18. The van der Waals surface area contributed by atoms with Gasteiger partial charge in [0.2, 0.25) is 11.6 Å². The molecule has 14 heteroatoms. The molecule has 1 unspecified atom stereocenters. The molecule has 0 saturated carbocycles. The molecule has 4 aromatic heterocycles. The third-order valence-electron chi connectivity index (χ3n) is 7.45. The average Bonchev–Trinajstić information content (AvgIpc) is 3.61. The van der Waals surface area contributed by atoms with Gasteiger partial charge in [-0.3, -0.25) is 9.58 Å². The Balaban J connectivity index is 1.09. The van der Waals surface area contributed by atoms with Gasteiger partial charge in [0, 0.05) is 43.9 Å². The predicted octanol–water partition coefficient (Wildman–Crippen LogP) is 0.140. The highest BCUT2D eigenvalue weighted by atomic mass is 16.5. The summed E-state index contributed by atoms with van der Waals surface area (Å²) in [5, 5.41) is 7.83. The molecule has 0 radical (unpaired) electrons. The second-order valence-corrected chi connectivity index (χ2v) is 10.5. The maximum Gasteiger partial charge on any atom is 0.488 e. The molecule has 2 aliphatic rings. The SMILES string of the molecule is CCCCn1cc(-c2cnc3c(n2)[n+](CC2CN(c4ncc(OCCN5CCOCC5)cn4)CCO2)[nH][n+]3C)cn1. The molecule has 0 aromatic carbocycles. The van der Waals surface area contributed by atoms with E-state index < -0.39 is 0 Å². The van der Waals surface area contributed by atoms with Crippen LogP contribution in [-0.2, 0) is 29.6 Å². The number of aromatic amines is 1. The van der Waals surface area contributed by atoms with Crippen molar-refractivity contribution in [3.05, 3.63) is 31.0 Å². The van der Waals surface area contributed by atoms with E-state index in [9.17, 15) is 0 Å². The van der Waals surface area contributed by atoms with E-state index in [1.807, 2.05) is 33.5 Å². The first-order valence-electron chi connectivity index (χ1n) is 14.4. The largest absolute Gasteiger partial charge is 0.489 e. The van der Waals surface area contributed by atoms with Crippen LogP contribution in [0, 0.1) is 0 Å². The van der Waals surface area contributed by atoms with Gasteiger partial charge in [-0.15, -0.1) is 4.68 Å². The minimum atomic E-state index is -0.0779. The molecule has 6 rings (SSSR count). The van der Waals surface area contributed by atoms with Crippen molar-refractivity contribution in [1.82, 2.24) is 39.8 Å². The Bertz CT molecular complexity index is 1420. The van der Waals surface area contributed by atoms with E-state index in [0.717, 1.165) is 81.3 Å². The number of morpholine rings is 2. The second kappa shape index (κ2) is 12.8. The Morgan fingerprint density at radius 2 is 1.88 bits per heavy atom. The number of fused-ring (bicyclic) bond motifs is 1. The number of aromatic nitrogens is 9. The number of anilines is 1. The van der Waals surface area contributed by atoms with Crippen molar-refractivity contribution in [3.8, 4) is 17.0 Å². The van der Waals surface area contributed by atoms with Crippen LogP contribution in [0.15, 0.2) is 31.0 Å². The van der Waals surface area contributed by atoms with E-state index in [1.165, 1.54) is 0 Å². The van der Waals surface area contributed by atoms with E-state index in [-0.39, 0.29) is 6.10 Å². The standard InChI is InChI=1S/C27H38N11O3/c1-3-4-5-37-18-21(14-31-37)24-17-28-25-26(32-24)38(33-34(25)2)20-23-19-36(9-13-41-23)27-29-15-22(16-30-27)40-12-8-35-6-10-39-11-7-35/h14-18,23H,3-13,19-20H2,1-2H3/q+1/p+1. The molecule has 14 nitrogen and oxygen atoms in total. The first kappa shape index (κ1) is 27.4. The normalized spacial score (nSPS) is 18.3. The minimum absolute atomic E-state index is 0.0779. The van der Waals surface area contributed by atoms with Crippen molar-refractivity contribution in [2.24, 2.45) is 7.05 Å². The molecule has 2 aliphatic heterocycles. The third-order valence-corrected chi connectivity index (χ3v) is 7.45. The number of ether oxygens (including phenoxy) is 3. The molecule has 2 saturated heterocycles. The number of nitrogens with one attached hydrogen (secondary N) is 1. The number of aryl methyl sites for hydroxylation is 2. The average molecular weight is 566 g/mol. The molecule has 1 N–H and O–H groups in total. The van der Waals surface area contributed by atoms with Crippen LogP contribution in [0.5, 0.6) is 5.75 Å². The zero-order chi connectivity index (χ0) is 28.0. The van der Waals surface area contributed by atoms with Gasteiger partial charge in [0.25, 0.3) is 0 Å². The fourth-order valence-corrected chi connectivity index (χ4v) is 5.15. The topological polar surface area (TPSA) is 127 Å². The number of nitrogens with zero attached hydrogens (tertiary/aromatic N) is 10. The van der Waals surface area contributed by atoms with Crippen LogP contribution >= 0.6 is 0 Å². The Hall–Kier alpha value is -3.75. The van der Waals surface area contributed by atoms with Crippen molar-refractivity contribution in [2.45, 2.75) is 39.0 Å². The molecule has 0 aliphatic carbocycles. The quantitative estimate of drug-likeness (QED) is 0.251. The van der Waals surface area contributed by atoms with Crippen molar-refractivity contribution in [1.29, 1.82) is 0 Å². The zero-order valence-electron chi connectivity index (χ0n) is 23.9. The first-order chi connectivity index (χ1) is 20.2. The first-order valence-corrected chi connectivity index (χ1v) is 14.4. The molecular weight excluding hydrogens is 526 g/mol. The lowest BCUT2D eigenvalue weighted by atomic mass is 10.2. The maximum atomic E-state index is 6.13. The third kappa shape index (κ3) is 6.60. The molecular formula is C27H39N11O3+2. The maximum absolute atomic E-state index is 6.13. The number of hydrogen-bond acceptors (Lipinski definition) is 10. The van der Waals surface area contributed by atoms with Gasteiger partial charge in [-0.1, -0.05) is 18.0 Å². The Labute approximate surface area is 238 Å². The van der Waals surface area contributed by atoms with E-state index in [2.05, 4.69) is 42.0 Å². The van der Waals surface area contributed by atoms with Crippen molar-refractivity contribution in [2.75, 3.05) is 64.1 Å². The van der Waals surface area contributed by atoms with Crippen molar-refractivity contribution >= 4 is 17.2 Å². The van der Waals surface area contributed by atoms with Crippen LogP contribution < -0.4 is 19.0 Å². The highest BCUT2D eigenvalue weighted by molar-refractivity contribution is 5.64. The van der Waals surface area contributed by atoms with Crippen LogP contribution in [0.25, 0.3) is 22.6 Å². The van der Waals surface area contributed by atoms with Gasteiger partial charge in [0.05, 0.1) is 56.7 Å². The number of rotatable bonds is 11. The summed E-state index contributed by atoms with van der Waals surface area (Å²) >= 11 is 0. The minimum Gasteiger partial charge on any atom is -0.489 e. The lowest BCUT2D eigenvalue weighted by Crippen LogP contribution is -2.53. The van der Waals surface area contributed by atoms with E-state index >= 15 is 0 Å². The van der Waals surface area contributed by atoms with E-state index in [4.69, 9.17) is 19.2 Å². The monoisotopic (exact) mass is 565 g/mol. The lowest BCUT2D eigenvalue weighted by molar-refractivity contribution is -0.869. The summed E-state index contributed by atoms with van der Waals surface area (Å²) in [5.41, 5.74) is 3.28. The Morgan fingerprint density at radius 3 is 2.71 bits per heavy atom. The predicted molar refractivity (Wildman–Crippen MR) is 148 cm³/mol. The van der Waals surface area contributed by atoms with Gasteiger partial charge >= 0.3 is 11.3 Å². The van der Waals surface area contributed by atoms with Gasteiger partial charge in [-0.05, 0) is 11.6 Å². The van der Waals surface area contributed by atoms with Crippen LogP contribution in [0.1, 0.15) is 19.8 Å². The van der Waals surface area contributed by atoms with Crippen LogP contribution in [-0.4, -0.2) is 105 Å². The van der Waals surface area contributed by atoms with Crippen LogP contribution in [0.4, 0.5) is 5.95 Å². The van der Waals surface area contributed by atoms with Gasteiger partial charge in [-0.25, -0.2) is 9.97 Å². The van der Waals surface area contributed by atoms with E-state index in [0.29, 0.717) is 38.0 Å². The molecule has 2 fully saturated rings. The number of H-pyrrole nitrogens is 1. The fourth-order valence-electron chi connectivity index (χ4n) is 5.15. The molecule has 0 bridgehead atoms. The zero-order valence-corrected chi connectivity index (χ0v) is 23.9. The van der Waals surface area contributed by atoms with Crippen LogP contribution in [0.2, 0.25) is 0 Å². The van der Waals surface area contributed by atoms with Crippen LogP contribution in [0.3, 0.4) is 0 Å². The van der Waals surface area contributed by atoms with Gasteiger partial charge in [0.1, 0.15) is 19.8 Å². The lowest BCUT2D eigenvalue weighted by Gasteiger charge is -2.31. The number of hydrogen-bond donors (Lipinski definition) is 1. The fraction of sp³-hybridized carbons (Fsp3) is 0.593. The summed E-state index contributed by atoms with van der Waals surface area (Å²) in [4.78, 5) is 23.3. The smallest absolute Gasteiger partial charge is 0.488 e. The molecule has 0 spiro atoms. The van der Waals surface area contributed by atoms with Crippen molar-refractivity contribution < 1.29 is 23.6 Å². The van der Waals surface area contributed by atoms with E-state index in [1.54, 1.807) is 18.6 Å². The van der Waals surface area contributed by atoms with Gasteiger partial charge in [0.15, 0.2) is 12.3 Å². The summed E-state index contributed by atoms with van der Waals surface area (Å²) in [7, 11) is 1.93. The summed E-state index contributed by atoms with van der Waals surface area (Å²) in [6, 6.07) is 0. The summed E-state index contributed by atoms with van der Waals surface area (Å²) < 4.78 is 23.2. The Kier molecular flexibility index (Phi) is 8.58. The molecule has 4 aromatic rings. The highest BCUT2D eigenvalue weighted by Gasteiger charge is 2.32. The molecule has 218 valence electrons. The molecule has 0 amide bonds. The Morgan fingerprint density at radius 1 is 1.02 bits per heavy atom. The summed E-state index contributed by atoms with van der Waals surface area (Å²) in [6.07, 6.45) is 11.3. The van der Waals surface area contributed by atoms with Gasteiger partial charge in [-0.2, -0.15) is 10.1 Å². The second-order valence-electron chi connectivity index (χ2n) is 10.5. The number of unbranched alkanes of at least 4 members (excludes halogenated alkanes) is 1. The van der Waals surface area contributed by atoms with Crippen molar-refractivity contribution in [3.63, 3.8) is 0 Å². The molecule has 6 heterocycles. The summed E-state index contributed by atoms with van der Waals surface area (Å²) in [6.45, 7) is 10.6. The summed E-state index contributed by atoms with van der Waals surface area (Å²) in [5.74, 6) is 1.35. The molecule has 41 heavy (non-hydrogen) atoms.